The zero-order valence-electron chi connectivity index (χ0n) is 84.1. The van der Waals surface area contributed by atoms with E-state index in [1.807, 2.05) is 38.9 Å². The molecule has 32 nitrogen and oxygen atoms in total. The van der Waals surface area contributed by atoms with Crippen LogP contribution in [0.5, 0.6) is 0 Å². The molecule has 36 heteroatoms. The summed E-state index contributed by atoms with van der Waals surface area (Å²) in [5, 5.41) is 84.7. The molecule has 0 radical (unpaired) electrons. The van der Waals surface area contributed by atoms with Crippen molar-refractivity contribution >= 4 is 101 Å². The number of aryl methyl sites for hydroxylation is 2. The molecule has 4 amide bonds. The Labute approximate surface area is 838 Å². The first-order valence-electron chi connectivity index (χ1n) is 50.6. The number of likely N-dealkylation sites (N-methyl/N-ethyl adjacent to an activating group) is 3. The minimum Gasteiger partial charge on any atom is -0.464 e. The van der Waals surface area contributed by atoms with Gasteiger partial charge >= 0.3 is 36.2 Å². The number of nitrogens with zero attached hydrogens (tertiary/aromatic N) is 7. The number of carbonyl (C=O) groups excluding carboxylic acids is 12. The van der Waals surface area contributed by atoms with Crippen molar-refractivity contribution in [2.24, 2.45) is 22.7 Å². The van der Waals surface area contributed by atoms with Gasteiger partial charge in [-0.3, -0.25) is 53.2 Å². The lowest BCUT2D eigenvalue weighted by Gasteiger charge is -2.63. The van der Waals surface area contributed by atoms with Gasteiger partial charge in [0.1, 0.15) is 31.4 Å². The molecule has 4 bridgehead atoms. The number of benzene rings is 4. The first-order valence-corrected chi connectivity index (χ1v) is 52.1. The summed E-state index contributed by atoms with van der Waals surface area (Å²) in [6, 6.07) is 23.9. The largest absolute Gasteiger partial charge is 0.464 e. The average molecular weight is 2020 g/mol. The van der Waals surface area contributed by atoms with Crippen LogP contribution in [0, 0.1) is 36.5 Å². The third-order valence-electron chi connectivity index (χ3n) is 35.3. The van der Waals surface area contributed by atoms with Gasteiger partial charge in [-0.1, -0.05) is 138 Å². The summed E-state index contributed by atoms with van der Waals surface area (Å²) in [5.41, 5.74) is 9.53. The van der Waals surface area contributed by atoms with Crippen molar-refractivity contribution in [1.82, 2.24) is 40.4 Å². The predicted molar refractivity (Wildman–Crippen MR) is 530 cm³/mol. The highest BCUT2D eigenvalue weighted by Gasteiger charge is 2.81. The molecule has 0 aromatic heterocycles. The topological polar surface area (TPSA) is 422 Å². The van der Waals surface area contributed by atoms with Gasteiger partial charge in [-0.05, 0) is 221 Å². The van der Waals surface area contributed by atoms with Gasteiger partial charge in [0.05, 0.1) is 49.3 Å². The van der Waals surface area contributed by atoms with Crippen molar-refractivity contribution in [1.29, 1.82) is 0 Å². The van der Waals surface area contributed by atoms with Crippen LogP contribution in [-0.4, -0.2) is 299 Å². The Kier molecular flexibility index (Phi) is 32.0. The number of allylic oxidation sites excluding steroid dienone is 2. The molecule has 6 fully saturated rings. The lowest BCUT2D eigenvalue weighted by Crippen LogP contribution is -2.81. The third kappa shape index (κ3) is 18.8. The number of nitrogens with one attached hydrogen (secondary N) is 3. The number of carbonyl (C=O) groups is 8. The number of fused-ring (bicyclic) bond motifs is 10. The molecule has 18 rings (SSSR count). The van der Waals surface area contributed by atoms with E-state index in [0.717, 1.165) is 129 Å². The Morgan fingerprint density at radius 3 is 1.42 bits per heavy atom. The number of hydrogen-bond acceptors (Lipinski definition) is 28. The van der Waals surface area contributed by atoms with Crippen LogP contribution < -0.4 is 25.8 Å². The van der Waals surface area contributed by atoms with Crippen molar-refractivity contribution < 1.29 is 115 Å². The van der Waals surface area contributed by atoms with E-state index in [0.29, 0.717) is 64.7 Å². The summed E-state index contributed by atoms with van der Waals surface area (Å²) < 4.78 is 43.9. The minimum atomic E-state index is -2.31. The highest BCUT2D eigenvalue weighted by atomic mass is 31.1. The fourth-order valence-corrected chi connectivity index (χ4v) is 29.8. The second kappa shape index (κ2) is 42.6. The van der Waals surface area contributed by atoms with Crippen LogP contribution in [0.4, 0.5) is 19.8 Å². The summed E-state index contributed by atoms with van der Waals surface area (Å²) in [7, 11) is 2.24. The smallest absolute Gasteiger partial charge is 0.373 e. The van der Waals surface area contributed by atoms with E-state index < -0.39 is 158 Å². The number of rotatable bonds is 27. The van der Waals surface area contributed by atoms with Crippen molar-refractivity contribution in [3.05, 3.63) is 164 Å². The molecule has 9 N–H and O–H groups in total. The molecular weight excluding hydrogens is 1880 g/mol. The zero-order valence-corrected chi connectivity index (χ0v) is 86.1. The van der Waals surface area contributed by atoms with Crippen LogP contribution in [0.1, 0.15) is 213 Å². The maximum atomic E-state index is 15.0. The molecule has 143 heavy (non-hydrogen) atoms. The molecule has 4 aromatic carbocycles. The maximum absolute atomic E-state index is 15.0. The molecule has 2 saturated carbocycles. The van der Waals surface area contributed by atoms with Crippen LogP contribution in [0.15, 0.2) is 108 Å². The van der Waals surface area contributed by atoms with Crippen molar-refractivity contribution in [3.8, 4) is 0 Å². The second-order valence-electron chi connectivity index (χ2n) is 42.9. The first-order chi connectivity index (χ1) is 68.1. The predicted octanol–water partition coefficient (Wildman–Crippen LogP) is 8.55. The Bertz CT molecular complexity index is 5770. The maximum Gasteiger partial charge on any atom is 0.373 e. The van der Waals surface area contributed by atoms with E-state index in [1.54, 1.807) is 0 Å². The molecule has 13 unspecified atom stereocenters. The SMILES string of the molecule is CCC1(O)CC2CN(CCC3=C(Cc4ccccc43)[C@](C)(c3cc4c(cc3C)N(C)C3[C@@]45CCN4CC=C[C@@](CC)(C45)[C@H](O)[C@@]3(O)C(=O)NCCCOC(=O)C(C)NC(=O)CCC(=O)OPF)C2)C1.CCC1(O)CC2CN(CCC3=C(Cc4ccccc43)[C@](C)(c3cc4c(cc3C)N(C)C3[C@@]45CCN4CC=C[C@@](CC)(C45)[C@H](O)[C@@]3(O)C(=O)NCCOC(=O)CN(C)C(=O)CCC(=O)OPF)C2)C1.O=C=O.O=C=O. The second-order valence-corrected chi connectivity index (χ2v) is 43.7. The van der Waals surface area contributed by atoms with Crippen LogP contribution in [0.2, 0.25) is 0 Å². The fraction of sp³-hybridized carbons (Fsp3) is 0.607. The van der Waals surface area contributed by atoms with Gasteiger partial charge in [0.25, 0.3) is 30.1 Å². The molecule has 2 spiro atoms. The molecule has 14 aliphatic rings. The minimum absolute atomic E-state index is 0.0350. The van der Waals surface area contributed by atoms with Gasteiger partial charge in [-0.15, -0.1) is 0 Å². The molecule has 774 valence electrons. The van der Waals surface area contributed by atoms with Gasteiger partial charge in [0, 0.05) is 149 Å². The molecule has 4 aromatic rings. The molecule has 4 saturated heterocycles. The zero-order chi connectivity index (χ0) is 103. The fourth-order valence-electron chi connectivity index (χ4n) is 29.5. The number of esters is 2. The van der Waals surface area contributed by atoms with Crippen molar-refractivity contribution in [2.45, 2.75) is 271 Å². The van der Waals surface area contributed by atoms with E-state index in [2.05, 4.69) is 182 Å². The van der Waals surface area contributed by atoms with E-state index in [4.69, 9.17) is 28.7 Å². The van der Waals surface area contributed by atoms with E-state index >= 15 is 0 Å². The van der Waals surface area contributed by atoms with Crippen molar-refractivity contribution in [2.75, 3.05) is 129 Å². The third-order valence-corrected chi connectivity index (χ3v) is 35.9. The van der Waals surface area contributed by atoms with E-state index in [1.165, 1.54) is 69.6 Å². The van der Waals surface area contributed by atoms with Gasteiger partial charge < -0.3 is 79.8 Å². The number of aliphatic hydroxyl groups is 6. The number of halogens is 2. The molecule has 4 aliphatic carbocycles. The summed E-state index contributed by atoms with van der Waals surface area (Å²) in [6.45, 7) is 25.9. The number of piperidine rings is 2. The van der Waals surface area contributed by atoms with Gasteiger partial charge in [-0.2, -0.15) is 27.6 Å². The summed E-state index contributed by atoms with van der Waals surface area (Å²) in [5.74, 6) is -5.24. The van der Waals surface area contributed by atoms with Crippen LogP contribution in [0.25, 0.3) is 11.1 Å². The van der Waals surface area contributed by atoms with Gasteiger partial charge in [0.2, 0.25) is 11.8 Å². The number of hydrogen-bond donors (Lipinski definition) is 9. The number of amides is 4. The van der Waals surface area contributed by atoms with Crippen LogP contribution >= 0.6 is 18.2 Å². The quantitative estimate of drug-likeness (QED) is 0.00887. The van der Waals surface area contributed by atoms with Crippen molar-refractivity contribution in [3.63, 3.8) is 0 Å². The molecule has 23 atom stereocenters. The normalized spacial score (nSPS) is 33.3. The van der Waals surface area contributed by atoms with Crippen LogP contribution in [0.3, 0.4) is 0 Å². The lowest BCUT2D eigenvalue weighted by molar-refractivity contribution is -0.203. The lowest BCUT2D eigenvalue weighted by atomic mass is 9.47. The molecular formula is C107H140F2N10O22P2. The number of aliphatic hydroxyl groups excluding tert-OH is 2. The highest BCUT2D eigenvalue weighted by Crippen LogP contribution is 2.70. The highest BCUT2D eigenvalue weighted by molar-refractivity contribution is 7.26. The summed E-state index contributed by atoms with van der Waals surface area (Å²) >= 11 is 0. The van der Waals surface area contributed by atoms with E-state index in [9.17, 15) is 77.4 Å². The first kappa shape index (κ1) is 108. The van der Waals surface area contributed by atoms with E-state index in [-0.39, 0.29) is 94.6 Å². The van der Waals surface area contributed by atoms with Gasteiger partial charge in [-0.25, -0.2) is 4.79 Å². The molecule has 10 aliphatic heterocycles. The Hall–Kier alpha value is -9.72. The Morgan fingerprint density at radius 2 is 0.986 bits per heavy atom. The van der Waals surface area contributed by atoms with Crippen LogP contribution in [-0.2, 0) is 111 Å². The molecule has 10 heterocycles. The summed E-state index contributed by atoms with van der Waals surface area (Å²) in [4.78, 5) is 151. The standard InChI is InChI=1S/C53H71FN5O9P.C52H69FN5O9P.2CO2/c1-7-50(65)29-34-28-49(5,39-26-35-13-9-10-14-36(35)37(39)17-22-58(30-34)31-50)38-27-40-41(25-32(38)3)57(6)46-52(40)19-23-59-21-11-18-51(8-2,45(52)59)47(63)53(46,66)48(64)55-20-12-24-67-44(62)33(4)56-42(60)15-16-43(61)68-69-54;1-7-49(64)28-33-27-48(4,38-25-34-12-9-10-13-35(34)36(38)16-21-57(29-33)31-49)37-26-39-40(24-32(37)3)56(6)45-51(39)18-22-58-20-11-17-50(8-2,44(51)58)46(62)52(45,65)47(63)54-19-23-66-43(61)30-55(5)41(59)14-15-42(60)67-68-53;2*2-1-3/h9-11,13-14,18,25,27,33-34,45-47,63,65-66,69H,7-8,12,15-17,19-24,26,28-31H2,1-6H3,(H,55,64)(H,56,60);9-13,17,24,26,33,44-46,62,64-65,68H,7-8,14-16,18-23,25,27-31H2,1-6H3,(H,54,63);;/t33?,34?,45?,46?,47-,49-,50?,51-,52-,53+;33?,44?,45?,46-,48-,49?,50-,51-,52+;;/m00../s1. The Morgan fingerprint density at radius 1 is 0.552 bits per heavy atom. The Balaban J connectivity index is 0.000000204. The average Bonchev–Trinajstić information content (AvgIpc) is 1.49. The monoisotopic (exact) mass is 2020 g/mol. The number of ether oxygens (including phenoxy) is 2. The number of anilines is 2. The summed E-state index contributed by atoms with van der Waals surface area (Å²) in [6.07, 6.45) is 15.2. The van der Waals surface area contributed by atoms with Gasteiger partial charge in [0.15, 0.2) is 11.2 Å².